The van der Waals surface area contributed by atoms with E-state index in [9.17, 15) is 14.0 Å². The molecule has 0 spiro atoms. The molecule has 0 amide bonds. The van der Waals surface area contributed by atoms with Crippen molar-refractivity contribution in [3.8, 4) is 5.69 Å². The zero-order chi connectivity index (χ0) is 14.9. The highest BCUT2D eigenvalue weighted by atomic mass is 35.5. The summed E-state index contributed by atoms with van der Waals surface area (Å²) in [6.07, 6.45) is 0. The van der Waals surface area contributed by atoms with Crippen LogP contribution >= 0.6 is 11.6 Å². The Labute approximate surface area is 119 Å². The number of aromatic nitrogens is 1. The van der Waals surface area contributed by atoms with Gasteiger partial charge in [0.25, 0.3) is 5.56 Å². The second kappa shape index (κ2) is 5.46. The first-order valence-corrected chi connectivity index (χ1v) is 6.10. The Bertz CT molecular complexity index is 740. The van der Waals surface area contributed by atoms with Crippen LogP contribution in [0.1, 0.15) is 16.1 Å². The van der Waals surface area contributed by atoms with Gasteiger partial charge in [0.05, 0.1) is 23.4 Å². The molecule has 6 heteroatoms. The van der Waals surface area contributed by atoms with Crippen molar-refractivity contribution in [3.05, 3.63) is 62.8 Å². The number of halogens is 2. The minimum Gasteiger partial charge on any atom is -0.465 e. The molecule has 0 fully saturated rings. The zero-order valence-electron chi connectivity index (χ0n) is 10.8. The number of benzene rings is 1. The van der Waals surface area contributed by atoms with Crippen molar-refractivity contribution >= 4 is 17.6 Å². The SMILES string of the molecule is COC(=O)c1c(Cl)cc(=O)n(-c2ccccc2F)c1C. The van der Waals surface area contributed by atoms with Crippen molar-refractivity contribution < 1.29 is 13.9 Å². The van der Waals surface area contributed by atoms with E-state index >= 15 is 0 Å². The second-order valence-corrected chi connectivity index (χ2v) is 4.48. The number of hydrogen-bond acceptors (Lipinski definition) is 3. The number of nitrogens with zero attached hydrogens (tertiary/aromatic N) is 1. The fourth-order valence-electron chi connectivity index (χ4n) is 1.97. The smallest absolute Gasteiger partial charge is 0.341 e. The van der Waals surface area contributed by atoms with E-state index in [0.29, 0.717) is 0 Å². The number of rotatable bonds is 2. The number of para-hydroxylation sites is 1. The second-order valence-electron chi connectivity index (χ2n) is 4.07. The summed E-state index contributed by atoms with van der Waals surface area (Å²) in [7, 11) is 1.21. The lowest BCUT2D eigenvalue weighted by Gasteiger charge is -2.14. The van der Waals surface area contributed by atoms with Crippen molar-refractivity contribution in [2.75, 3.05) is 7.11 Å². The summed E-state index contributed by atoms with van der Waals surface area (Å²) in [6.45, 7) is 1.51. The molecular formula is C14H11ClFNO3. The number of hydrogen-bond donors (Lipinski definition) is 0. The molecule has 2 aromatic rings. The summed E-state index contributed by atoms with van der Waals surface area (Å²) < 4.78 is 19.6. The van der Waals surface area contributed by atoms with Crippen LogP contribution in [0.2, 0.25) is 5.02 Å². The average molecular weight is 296 g/mol. The largest absolute Gasteiger partial charge is 0.465 e. The van der Waals surface area contributed by atoms with Gasteiger partial charge in [-0.25, -0.2) is 9.18 Å². The minimum atomic E-state index is -0.683. The molecule has 4 nitrogen and oxygen atoms in total. The molecule has 0 atom stereocenters. The van der Waals surface area contributed by atoms with E-state index < -0.39 is 17.3 Å². The van der Waals surface area contributed by atoms with Gasteiger partial charge in [0, 0.05) is 11.8 Å². The number of carbonyl (C=O) groups excluding carboxylic acids is 1. The number of ether oxygens (including phenoxy) is 1. The summed E-state index contributed by atoms with van der Waals surface area (Å²) in [5.41, 5.74) is -0.210. The Kier molecular flexibility index (Phi) is 3.90. The number of esters is 1. The molecular weight excluding hydrogens is 285 g/mol. The van der Waals surface area contributed by atoms with Crippen LogP contribution in [-0.2, 0) is 4.74 Å². The summed E-state index contributed by atoms with van der Waals surface area (Å²) in [5.74, 6) is -1.26. The quantitative estimate of drug-likeness (QED) is 0.800. The molecule has 2 rings (SSSR count). The summed E-state index contributed by atoms with van der Waals surface area (Å²) >= 11 is 5.90. The standard InChI is InChI=1S/C14H11ClFNO3/c1-8-13(14(19)20-2)9(15)7-12(18)17(8)11-6-4-3-5-10(11)16/h3-7H,1-2H3. The minimum absolute atomic E-state index is 0.0214. The van der Waals surface area contributed by atoms with Gasteiger partial charge < -0.3 is 4.74 Å². The van der Waals surface area contributed by atoms with E-state index in [1.165, 1.54) is 32.2 Å². The maximum atomic E-state index is 13.8. The molecule has 0 saturated heterocycles. The lowest BCUT2D eigenvalue weighted by atomic mass is 10.1. The third-order valence-corrected chi connectivity index (χ3v) is 3.19. The van der Waals surface area contributed by atoms with Gasteiger partial charge in [-0.15, -0.1) is 0 Å². The first-order chi connectivity index (χ1) is 9.47. The molecule has 0 radical (unpaired) electrons. The molecule has 0 N–H and O–H groups in total. The van der Waals surface area contributed by atoms with E-state index in [-0.39, 0.29) is 22.0 Å². The lowest BCUT2D eigenvalue weighted by molar-refractivity contribution is 0.0599. The topological polar surface area (TPSA) is 48.3 Å². The molecule has 0 aliphatic carbocycles. The van der Waals surface area contributed by atoms with Crippen molar-refractivity contribution in [1.29, 1.82) is 0 Å². The van der Waals surface area contributed by atoms with Gasteiger partial charge in [-0.3, -0.25) is 9.36 Å². The first-order valence-electron chi connectivity index (χ1n) is 5.72. The van der Waals surface area contributed by atoms with E-state index in [4.69, 9.17) is 11.6 Å². The van der Waals surface area contributed by atoms with Gasteiger partial charge in [-0.05, 0) is 19.1 Å². The highest BCUT2D eigenvalue weighted by molar-refractivity contribution is 6.33. The third kappa shape index (κ3) is 2.32. The molecule has 0 bridgehead atoms. The van der Waals surface area contributed by atoms with Gasteiger partial charge in [0.15, 0.2) is 0 Å². The normalized spacial score (nSPS) is 10.4. The van der Waals surface area contributed by atoms with Crippen LogP contribution in [0.4, 0.5) is 4.39 Å². The molecule has 0 aliphatic rings. The molecule has 1 aromatic heterocycles. The molecule has 0 aliphatic heterocycles. The van der Waals surface area contributed by atoms with Gasteiger partial charge in [0.2, 0.25) is 0 Å². The van der Waals surface area contributed by atoms with E-state index in [1.807, 2.05) is 0 Å². The van der Waals surface area contributed by atoms with Gasteiger partial charge in [-0.2, -0.15) is 0 Å². The highest BCUT2D eigenvalue weighted by Crippen LogP contribution is 2.22. The van der Waals surface area contributed by atoms with Gasteiger partial charge in [-0.1, -0.05) is 23.7 Å². The van der Waals surface area contributed by atoms with Gasteiger partial charge in [0.1, 0.15) is 5.82 Å². The van der Waals surface area contributed by atoms with Crippen molar-refractivity contribution in [2.24, 2.45) is 0 Å². The summed E-state index contributed by atoms with van der Waals surface area (Å²) in [5, 5.41) is -0.0214. The van der Waals surface area contributed by atoms with Crippen LogP contribution in [-0.4, -0.2) is 17.6 Å². The predicted molar refractivity (Wildman–Crippen MR) is 73.1 cm³/mol. The van der Waals surface area contributed by atoms with Crippen molar-refractivity contribution in [2.45, 2.75) is 6.92 Å². The van der Waals surface area contributed by atoms with Crippen molar-refractivity contribution in [3.63, 3.8) is 0 Å². The average Bonchev–Trinajstić information content (AvgIpc) is 2.40. The van der Waals surface area contributed by atoms with Crippen LogP contribution in [0, 0.1) is 12.7 Å². The molecule has 20 heavy (non-hydrogen) atoms. The Morgan fingerprint density at radius 1 is 1.35 bits per heavy atom. The maximum absolute atomic E-state index is 13.8. The maximum Gasteiger partial charge on any atom is 0.341 e. The number of methoxy groups -OCH3 is 1. The van der Waals surface area contributed by atoms with Crippen LogP contribution in [0.15, 0.2) is 35.1 Å². The van der Waals surface area contributed by atoms with E-state index in [0.717, 1.165) is 10.6 Å². The van der Waals surface area contributed by atoms with Crippen LogP contribution < -0.4 is 5.56 Å². The molecule has 1 heterocycles. The Balaban J connectivity index is 2.82. The lowest BCUT2D eigenvalue weighted by Crippen LogP contribution is -2.24. The molecule has 104 valence electrons. The fraction of sp³-hybridized carbons (Fsp3) is 0.143. The van der Waals surface area contributed by atoms with Crippen molar-refractivity contribution in [1.82, 2.24) is 4.57 Å². The third-order valence-electron chi connectivity index (χ3n) is 2.89. The Hall–Kier alpha value is -2.14. The summed E-state index contributed by atoms with van der Waals surface area (Å²) in [4.78, 5) is 23.8. The molecule has 0 saturated carbocycles. The van der Waals surface area contributed by atoms with E-state index in [2.05, 4.69) is 4.74 Å². The predicted octanol–water partition coefficient (Wildman–Crippen LogP) is 2.73. The zero-order valence-corrected chi connectivity index (χ0v) is 11.6. The van der Waals surface area contributed by atoms with Gasteiger partial charge >= 0.3 is 5.97 Å². The van der Waals surface area contributed by atoms with Crippen LogP contribution in [0.25, 0.3) is 5.69 Å². The highest BCUT2D eigenvalue weighted by Gasteiger charge is 2.20. The monoisotopic (exact) mass is 295 g/mol. The number of carbonyl (C=O) groups is 1. The number of pyridine rings is 1. The van der Waals surface area contributed by atoms with E-state index in [1.54, 1.807) is 6.07 Å². The molecule has 1 aromatic carbocycles. The summed E-state index contributed by atoms with van der Waals surface area (Å²) in [6, 6.07) is 6.84. The van der Waals surface area contributed by atoms with Crippen LogP contribution in [0.5, 0.6) is 0 Å². The first kappa shape index (κ1) is 14.3. The van der Waals surface area contributed by atoms with Crippen LogP contribution in [0.3, 0.4) is 0 Å². The fourth-order valence-corrected chi connectivity index (χ4v) is 2.28. The Morgan fingerprint density at radius 2 is 2.00 bits per heavy atom. The Morgan fingerprint density at radius 3 is 2.60 bits per heavy atom. The molecule has 0 unspecified atom stereocenters.